The van der Waals surface area contributed by atoms with Crippen LogP contribution in [0.4, 0.5) is 5.69 Å². The molecule has 7 heteroatoms. The molecule has 0 saturated heterocycles. The zero-order valence-corrected chi connectivity index (χ0v) is 19.6. The van der Waals surface area contributed by atoms with E-state index < -0.39 is 18.0 Å². The van der Waals surface area contributed by atoms with Crippen LogP contribution in [-0.4, -0.2) is 39.3 Å². The lowest BCUT2D eigenvalue weighted by Gasteiger charge is -2.19. The molecule has 0 saturated carbocycles. The molecule has 2 aromatic rings. The first-order valence-corrected chi connectivity index (χ1v) is 10.2. The van der Waals surface area contributed by atoms with Gasteiger partial charge in [-0.2, -0.15) is 0 Å². The van der Waals surface area contributed by atoms with Gasteiger partial charge in [-0.15, -0.1) is 0 Å². The van der Waals surface area contributed by atoms with Gasteiger partial charge in [0.05, 0.1) is 21.3 Å². The average Bonchev–Trinajstić information content (AvgIpc) is 2.76. The fourth-order valence-corrected chi connectivity index (χ4v) is 2.91. The smallest absolute Gasteiger partial charge is 0.331 e. The van der Waals surface area contributed by atoms with Crippen molar-refractivity contribution in [2.75, 3.05) is 26.6 Å². The molecule has 0 spiro atoms. The zero-order chi connectivity index (χ0) is 23.9. The number of nitrogens with one attached hydrogen (secondary N) is 1. The maximum atomic E-state index is 12.4. The maximum absolute atomic E-state index is 12.4. The third-order valence-corrected chi connectivity index (χ3v) is 4.82. The van der Waals surface area contributed by atoms with E-state index in [4.69, 9.17) is 18.9 Å². The van der Waals surface area contributed by atoms with Crippen molar-refractivity contribution in [3.05, 3.63) is 53.6 Å². The van der Waals surface area contributed by atoms with Crippen LogP contribution in [0.5, 0.6) is 17.2 Å². The Kier molecular flexibility index (Phi) is 8.29. The quantitative estimate of drug-likeness (QED) is 0.476. The Hall–Kier alpha value is -3.48. The predicted molar refractivity (Wildman–Crippen MR) is 124 cm³/mol. The largest absolute Gasteiger partial charge is 0.496 e. The van der Waals surface area contributed by atoms with Gasteiger partial charge in [0, 0.05) is 23.4 Å². The van der Waals surface area contributed by atoms with Gasteiger partial charge in [-0.1, -0.05) is 32.9 Å². The summed E-state index contributed by atoms with van der Waals surface area (Å²) in [5, 5.41) is 2.75. The third kappa shape index (κ3) is 6.51. The van der Waals surface area contributed by atoms with Crippen LogP contribution in [0.3, 0.4) is 0 Å². The molecule has 172 valence electrons. The van der Waals surface area contributed by atoms with E-state index in [1.165, 1.54) is 40.4 Å². The first-order chi connectivity index (χ1) is 15.1. The molecule has 0 aromatic heterocycles. The van der Waals surface area contributed by atoms with Crippen molar-refractivity contribution in [3.8, 4) is 17.2 Å². The second kappa shape index (κ2) is 10.7. The number of methoxy groups -OCH3 is 3. The van der Waals surface area contributed by atoms with E-state index in [1.54, 1.807) is 12.1 Å². The molecule has 1 atom stereocenters. The Morgan fingerprint density at radius 3 is 2.00 bits per heavy atom. The lowest BCUT2D eigenvalue weighted by Crippen LogP contribution is -2.29. The normalized spacial score (nSPS) is 12.2. The third-order valence-electron chi connectivity index (χ3n) is 4.82. The number of hydrogen-bond donors (Lipinski definition) is 1. The number of hydrogen-bond acceptors (Lipinski definition) is 6. The summed E-state index contributed by atoms with van der Waals surface area (Å²) in [4.78, 5) is 24.6. The number of rotatable bonds is 8. The predicted octanol–water partition coefficient (Wildman–Crippen LogP) is 4.59. The first kappa shape index (κ1) is 24.8. The van der Waals surface area contributed by atoms with Crippen LogP contribution in [0.15, 0.2) is 42.5 Å². The van der Waals surface area contributed by atoms with Crippen molar-refractivity contribution in [2.45, 2.75) is 39.2 Å². The molecule has 0 heterocycles. The summed E-state index contributed by atoms with van der Waals surface area (Å²) in [5.74, 6) is 0.416. The van der Waals surface area contributed by atoms with Crippen LogP contribution in [0, 0.1) is 0 Å². The average molecular weight is 442 g/mol. The van der Waals surface area contributed by atoms with E-state index >= 15 is 0 Å². The highest BCUT2D eigenvalue weighted by Gasteiger charge is 2.18. The SMILES string of the molecule is COc1cc(OC)c(OC)cc1/C=C\C(=O)O[C@H](C)C(=O)Nc1ccc(C(C)(C)C)cc1. The Morgan fingerprint density at radius 1 is 0.906 bits per heavy atom. The van der Waals surface area contributed by atoms with Gasteiger partial charge in [0.15, 0.2) is 17.6 Å². The lowest BCUT2D eigenvalue weighted by atomic mass is 9.87. The van der Waals surface area contributed by atoms with Crippen molar-refractivity contribution in [1.29, 1.82) is 0 Å². The Bertz CT molecular complexity index is 973. The molecule has 0 bridgehead atoms. The number of esters is 1. The lowest BCUT2D eigenvalue weighted by molar-refractivity contribution is -0.148. The molecule has 0 aliphatic rings. The van der Waals surface area contributed by atoms with E-state index in [9.17, 15) is 9.59 Å². The molecule has 2 rings (SSSR count). The topological polar surface area (TPSA) is 83.1 Å². The van der Waals surface area contributed by atoms with Crippen molar-refractivity contribution < 1.29 is 28.5 Å². The minimum Gasteiger partial charge on any atom is -0.496 e. The Morgan fingerprint density at radius 2 is 1.47 bits per heavy atom. The first-order valence-electron chi connectivity index (χ1n) is 10.2. The number of carbonyl (C=O) groups excluding carboxylic acids is 2. The minimum atomic E-state index is -0.971. The van der Waals surface area contributed by atoms with Gasteiger partial charge in [-0.3, -0.25) is 4.79 Å². The molecule has 32 heavy (non-hydrogen) atoms. The fraction of sp³-hybridized carbons (Fsp3) is 0.360. The number of benzene rings is 2. The molecular weight excluding hydrogens is 410 g/mol. The van der Waals surface area contributed by atoms with E-state index in [2.05, 4.69) is 26.1 Å². The minimum absolute atomic E-state index is 0.0221. The number of amides is 1. The second-order valence-corrected chi connectivity index (χ2v) is 8.18. The molecule has 7 nitrogen and oxygen atoms in total. The van der Waals surface area contributed by atoms with Crippen LogP contribution in [0.2, 0.25) is 0 Å². The van der Waals surface area contributed by atoms with Crippen LogP contribution in [0.1, 0.15) is 38.8 Å². The highest BCUT2D eigenvalue weighted by molar-refractivity contribution is 5.96. The van der Waals surface area contributed by atoms with Gasteiger partial charge in [-0.25, -0.2) is 4.79 Å². The van der Waals surface area contributed by atoms with Crippen molar-refractivity contribution in [1.82, 2.24) is 0 Å². The van der Waals surface area contributed by atoms with Gasteiger partial charge in [0.2, 0.25) is 0 Å². The fourth-order valence-electron chi connectivity index (χ4n) is 2.91. The van der Waals surface area contributed by atoms with Crippen LogP contribution in [0.25, 0.3) is 6.08 Å². The standard InChI is InChI=1S/C25H31NO6/c1-16(24(28)26-19-11-9-18(10-12-19)25(2,3)4)32-23(27)13-8-17-14-21(30-6)22(31-7)15-20(17)29-5/h8-16H,1-7H3,(H,26,28)/b13-8-/t16-/m1/s1. The summed E-state index contributed by atoms with van der Waals surface area (Å²) in [5.41, 5.74) is 2.41. The summed E-state index contributed by atoms with van der Waals surface area (Å²) in [6.45, 7) is 7.87. The monoisotopic (exact) mass is 441 g/mol. The summed E-state index contributed by atoms with van der Waals surface area (Å²) in [7, 11) is 4.55. The van der Waals surface area contributed by atoms with Crippen LogP contribution in [-0.2, 0) is 19.7 Å². The van der Waals surface area contributed by atoms with Crippen molar-refractivity contribution in [3.63, 3.8) is 0 Å². The Balaban J connectivity index is 2.01. The van der Waals surface area contributed by atoms with Crippen molar-refractivity contribution >= 4 is 23.6 Å². The number of ether oxygens (including phenoxy) is 4. The van der Waals surface area contributed by atoms with Gasteiger partial charge in [-0.05, 0) is 42.2 Å². The van der Waals surface area contributed by atoms with Crippen LogP contribution < -0.4 is 19.5 Å². The molecule has 0 aliphatic heterocycles. The highest BCUT2D eigenvalue weighted by Crippen LogP contribution is 2.35. The maximum Gasteiger partial charge on any atom is 0.331 e. The number of anilines is 1. The summed E-state index contributed by atoms with van der Waals surface area (Å²) < 4.78 is 21.1. The number of carbonyl (C=O) groups is 2. The van der Waals surface area contributed by atoms with Gasteiger partial charge in [0.1, 0.15) is 5.75 Å². The van der Waals surface area contributed by atoms with Gasteiger partial charge in [0.25, 0.3) is 5.91 Å². The van der Waals surface area contributed by atoms with Crippen molar-refractivity contribution in [2.24, 2.45) is 0 Å². The highest BCUT2D eigenvalue weighted by atomic mass is 16.5. The Labute approximate surface area is 189 Å². The molecule has 1 N–H and O–H groups in total. The molecule has 0 radical (unpaired) electrons. The second-order valence-electron chi connectivity index (χ2n) is 8.18. The molecule has 2 aromatic carbocycles. The van der Waals surface area contributed by atoms with E-state index in [0.717, 1.165) is 5.56 Å². The van der Waals surface area contributed by atoms with Crippen LogP contribution >= 0.6 is 0 Å². The molecule has 0 aliphatic carbocycles. The molecule has 1 amide bonds. The summed E-state index contributed by atoms with van der Waals surface area (Å²) in [6, 6.07) is 10.9. The molecular formula is C25H31NO6. The molecule has 0 fully saturated rings. The van der Waals surface area contributed by atoms with E-state index in [0.29, 0.717) is 28.5 Å². The van der Waals surface area contributed by atoms with E-state index in [1.807, 2.05) is 24.3 Å². The van der Waals surface area contributed by atoms with E-state index in [-0.39, 0.29) is 5.41 Å². The van der Waals surface area contributed by atoms with Gasteiger partial charge >= 0.3 is 5.97 Å². The zero-order valence-electron chi connectivity index (χ0n) is 19.6. The molecule has 0 unspecified atom stereocenters. The summed E-state index contributed by atoms with van der Waals surface area (Å²) in [6.07, 6.45) is 1.78. The summed E-state index contributed by atoms with van der Waals surface area (Å²) >= 11 is 0. The van der Waals surface area contributed by atoms with Gasteiger partial charge < -0.3 is 24.3 Å².